The molecule has 1 fully saturated rings. The number of methoxy groups -OCH3 is 1. The van der Waals surface area contributed by atoms with E-state index in [-0.39, 0.29) is 0 Å². The van der Waals surface area contributed by atoms with E-state index in [1.807, 2.05) is 6.07 Å². The molecule has 1 aromatic carbocycles. The predicted molar refractivity (Wildman–Crippen MR) is 83.8 cm³/mol. The van der Waals surface area contributed by atoms with Crippen LogP contribution in [0, 0.1) is 5.92 Å². The molecule has 1 atom stereocenters. The van der Waals surface area contributed by atoms with Gasteiger partial charge in [-0.3, -0.25) is 0 Å². The van der Waals surface area contributed by atoms with Gasteiger partial charge >= 0.3 is 0 Å². The van der Waals surface area contributed by atoms with Gasteiger partial charge in [-0.05, 0) is 78.2 Å². The number of halogens is 1. The molecule has 0 heterocycles. The fraction of sp³-hybridized carbons (Fsp3) is 0.625. The van der Waals surface area contributed by atoms with Gasteiger partial charge in [0.25, 0.3) is 0 Å². The lowest BCUT2D eigenvalue weighted by Gasteiger charge is -2.17. The van der Waals surface area contributed by atoms with Gasteiger partial charge in [0.2, 0.25) is 0 Å². The third kappa shape index (κ3) is 4.50. The number of hydrogen-bond acceptors (Lipinski definition) is 2. The Bertz CT molecular complexity index is 404. The first kappa shape index (κ1) is 14.9. The SMILES string of the molecule is CCNC(CCCc1ccc(OC)c(Br)c1)C1CC1. The second-order valence-corrected chi connectivity index (χ2v) is 6.22. The fourth-order valence-corrected chi connectivity index (χ4v) is 3.24. The van der Waals surface area contributed by atoms with Gasteiger partial charge in [-0.15, -0.1) is 0 Å². The van der Waals surface area contributed by atoms with E-state index >= 15 is 0 Å². The van der Waals surface area contributed by atoms with Crippen LogP contribution < -0.4 is 10.1 Å². The Morgan fingerprint density at radius 1 is 1.42 bits per heavy atom. The number of benzene rings is 1. The van der Waals surface area contributed by atoms with Crippen LogP contribution in [0.1, 0.15) is 38.2 Å². The first-order valence-electron chi connectivity index (χ1n) is 7.30. The highest BCUT2D eigenvalue weighted by Crippen LogP contribution is 2.34. The normalized spacial score (nSPS) is 16.4. The molecule has 0 aliphatic heterocycles. The van der Waals surface area contributed by atoms with Crippen molar-refractivity contribution in [1.82, 2.24) is 5.32 Å². The molecule has 0 bridgehead atoms. The summed E-state index contributed by atoms with van der Waals surface area (Å²) in [6.07, 6.45) is 6.55. The van der Waals surface area contributed by atoms with Crippen LogP contribution >= 0.6 is 15.9 Å². The molecule has 106 valence electrons. The smallest absolute Gasteiger partial charge is 0.133 e. The van der Waals surface area contributed by atoms with Gasteiger partial charge in [0.15, 0.2) is 0 Å². The molecule has 0 radical (unpaired) electrons. The third-order valence-electron chi connectivity index (χ3n) is 3.85. The summed E-state index contributed by atoms with van der Waals surface area (Å²) in [6, 6.07) is 7.13. The summed E-state index contributed by atoms with van der Waals surface area (Å²) in [4.78, 5) is 0. The molecule has 1 unspecified atom stereocenters. The van der Waals surface area contributed by atoms with Crippen LogP contribution in [-0.2, 0) is 6.42 Å². The van der Waals surface area contributed by atoms with Crippen molar-refractivity contribution in [2.75, 3.05) is 13.7 Å². The third-order valence-corrected chi connectivity index (χ3v) is 4.47. The Balaban J connectivity index is 1.79. The second-order valence-electron chi connectivity index (χ2n) is 5.36. The molecular weight excluding hydrogens is 302 g/mol. The van der Waals surface area contributed by atoms with Crippen molar-refractivity contribution in [2.45, 2.75) is 45.1 Å². The largest absolute Gasteiger partial charge is 0.496 e. The molecule has 1 aromatic rings. The quantitative estimate of drug-likeness (QED) is 0.774. The zero-order valence-corrected chi connectivity index (χ0v) is 13.5. The Morgan fingerprint density at radius 2 is 2.21 bits per heavy atom. The van der Waals surface area contributed by atoms with E-state index in [1.54, 1.807) is 7.11 Å². The summed E-state index contributed by atoms with van der Waals surface area (Å²) in [5.41, 5.74) is 1.39. The second kappa shape index (κ2) is 7.30. The van der Waals surface area contributed by atoms with Crippen LogP contribution in [0.15, 0.2) is 22.7 Å². The monoisotopic (exact) mass is 325 g/mol. The topological polar surface area (TPSA) is 21.3 Å². The summed E-state index contributed by atoms with van der Waals surface area (Å²) in [5.74, 6) is 1.86. The van der Waals surface area contributed by atoms with Crippen molar-refractivity contribution >= 4 is 15.9 Å². The maximum atomic E-state index is 5.26. The number of nitrogens with one attached hydrogen (secondary N) is 1. The number of rotatable bonds is 8. The van der Waals surface area contributed by atoms with Gasteiger partial charge in [-0.2, -0.15) is 0 Å². The van der Waals surface area contributed by atoms with Crippen molar-refractivity contribution in [3.63, 3.8) is 0 Å². The summed E-state index contributed by atoms with van der Waals surface area (Å²) < 4.78 is 6.31. The molecule has 1 aliphatic rings. The Hall–Kier alpha value is -0.540. The molecule has 2 rings (SSSR count). The molecule has 19 heavy (non-hydrogen) atoms. The zero-order valence-electron chi connectivity index (χ0n) is 11.9. The summed E-state index contributed by atoms with van der Waals surface area (Å²) in [7, 11) is 1.70. The lowest BCUT2D eigenvalue weighted by molar-refractivity contribution is 0.411. The van der Waals surface area contributed by atoms with Crippen molar-refractivity contribution in [1.29, 1.82) is 0 Å². The summed E-state index contributed by atoms with van der Waals surface area (Å²) in [5, 5.41) is 3.63. The number of ether oxygens (including phenoxy) is 1. The molecular formula is C16H24BrNO. The lowest BCUT2D eigenvalue weighted by atomic mass is 10.0. The van der Waals surface area contributed by atoms with Crippen LogP contribution in [-0.4, -0.2) is 19.7 Å². The van der Waals surface area contributed by atoms with E-state index in [2.05, 4.69) is 40.3 Å². The minimum absolute atomic E-state index is 0.742. The van der Waals surface area contributed by atoms with Crippen LogP contribution in [0.3, 0.4) is 0 Å². The molecule has 0 amide bonds. The molecule has 3 heteroatoms. The van der Waals surface area contributed by atoms with Crippen molar-refractivity contribution in [2.24, 2.45) is 5.92 Å². The van der Waals surface area contributed by atoms with E-state index in [9.17, 15) is 0 Å². The van der Waals surface area contributed by atoms with Gasteiger partial charge in [0, 0.05) is 6.04 Å². The van der Waals surface area contributed by atoms with Crippen molar-refractivity contribution in [3.05, 3.63) is 28.2 Å². The minimum Gasteiger partial charge on any atom is -0.496 e. The molecule has 0 saturated heterocycles. The average Bonchev–Trinajstić information content (AvgIpc) is 3.22. The van der Waals surface area contributed by atoms with E-state index in [1.165, 1.54) is 31.2 Å². The summed E-state index contributed by atoms with van der Waals surface area (Å²) in [6.45, 7) is 3.30. The highest BCUT2D eigenvalue weighted by Gasteiger charge is 2.29. The fourth-order valence-electron chi connectivity index (χ4n) is 2.66. The Morgan fingerprint density at radius 3 is 2.79 bits per heavy atom. The van der Waals surface area contributed by atoms with E-state index < -0.39 is 0 Å². The zero-order chi connectivity index (χ0) is 13.7. The first-order valence-corrected chi connectivity index (χ1v) is 8.09. The van der Waals surface area contributed by atoms with Gasteiger partial charge in [-0.25, -0.2) is 0 Å². The van der Waals surface area contributed by atoms with E-state index in [4.69, 9.17) is 4.74 Å². The standard InChI is InChI=1S/C16H24BrNO/c1-3-18-15(13-8-9-13)6-4-5-12-7-10-16(19-2)14(17)11-12/h7,10-11,13,15,18H,3-6,8-9H2,1-2H3. The lowest BCUT2D eigenvalue weighted by Crippen LogP contribution is -2.30. The molecule has 0 aromatic heterocycles. The average molecular weight is 326 g/mol. The van der Waals surface area contributed by atoms with Gasteiger partial charge in [-0.1, -0.05) is 13.0 Å². The highest BCUT2D eigenvalue weighted by atomic mass is 79.9. The molecule has 2 nitrogen and oxygen atoms in total. The molecule has 0 spiro atoms. The van der Waals surface area contributed by atoms with Crippen LogP contribution in [0.5, 0.6) is 5.75 Å². The maximum absolute atomic E-state index is 5.26. The first-order chi connectivity index (χ1) is 9.24. The van der Waals surface area contributed by atoms with Gasteiger partial charge < -0.3 is 10.1 Å². The number of hydrogen-bond donors (Lipinski definition) is 1. The predicted octanol–water partition coefficient (Wildman–Crippen LogP) is 4.17. The Labute approximate surface area is 125 Å². The minimum atomic E-state index is 0.742. The van der Waals surface area contributed by atoms with Crippen molar-refractivity contribution < 1.29 is 4.74 Å². The van der Waals surface area contributed by atoms with E-state index in [0.29, 0.717) is 0 Å². The molecule has 1 aliphatic carbocycles. The van der Waals surface area contributed by atoms with Crippen LogP contribution in [0.4, 0.5) is 0 Å². The Kier molecular flexibility index (Phi) is 5.71. The van der Waals surface area contributed by atoms with Gasteiger partial charge in [0.1, 0.15) is 5.75 Å². The van der Waals surface area contributed by atoms with Crippen LogP contribution in [0.2, 0.25) is 0 Å². The number of aryl methyl sites for hydroxylation is 1. The molecule has 1 N–H and O–H groups in total. The van der Waals surface area contributed by atoms with E-state index in [0.717, 1.165) is 35.1 Å². The maximum Gasteiger partial charge on any atom is 0.133 e. The molecule has 1 saturated carbocycles. The highest BCUT2D eigenvalue weighted by molar-refractivity contribution is 9.10. The van der Waals surface area contributed by atoms with Crippen LogP contribution in [0.25, 0.3) is 0 Å². The van der Waals surface area contributed by atoms with Crippen molar-refractivity contribution in [3.8, 4) is 5.75 Å². The summed E-state index contributed by atoms with van der Waals surface area (Å²) >= 11 is 3.55. The van der Waals surface area contributed by atoms with Gasteiger partial charge in [0.05, 0.1) is 11.6 Å².